The first-order valence-electron chi connectivity index (χ1n) is 4.03. The van der Waals surface area contributed by atoms with Gasteiger partial charge in [-0.1, -0.05) is 26.0 Å². The average Bonchev–Trinajstić information content (AvgIpc) is 1.95. The van der Waals surface area contributed by atoms with Gasteiger partial charge < -0.3 is 5.11 Å². The van der Waals surface area contributed by atoms with Crippen LogP contribution in [0.5, 0.6) is 0 Å². The van der Waals surface area contributed by atoms with Gasteiger partial charge in [0.2, 0.25) is 0 Å². The molecule has 3 atom stereocenters. The Bertz CT molecular complexity index is 129. The van der Waals surface area contributed by atoms with Gasteiger partial charge in [-0.3, -0.25) is 0 Å². The summed E-state index contributed by atoms with van der Waals surface area (Å²) < 4.78 is 0. The topological polar surface area (TPSA) is 20.2 Å². The third-order valence-corrected chi connectivity index (χ3v) is 2.69. The summed E-state index contributed by atoms with van der Waals surface area (Å²) in [5.74, 6) is 1.79. The van der Waals surface area contributed by atoms with Gasteiger partial charge in [0, 0.05) is 6.61 Å². The quantitative estimate of drug-likeness (QED) is 0.551. The van der Waals surface area contributed by atoms with Crippen LogP contribution in [0.4, 0.5) is 0 Å². The van der Waals surface area contributed by atoms with E-state index in [0.29, 0.717) is 24.4 Å². The van der Waals surface area contributed by atoms with Crippen LogP contribution in [0.2, 0.25) is 0 Å². The third-order valence-electron chi connectivity index (χ3n) is 2.69. The van der Waals surface area contributed by atoms with E-state index in [1.54, 1.807) is 0 Å². The first-order valence-corrected chi connectivity index (χ1v) is 4.03. The van der Waals surface area contributed by atoms with E-state index < -0.39 is 0 Å². The zero-order valence-corrected chi connectivity index (χ0v) is 6.75. The molecular weight excluding hydrogens is 124 g/mol. The summed E-state index contributed by atoms with van der Waals surface area (Å²) in [7, 11) is 0. The van der Waals surface area contributed by atoms with Crippen molar-refractivity contribution in [2.24, 2.45) is 17.8 Å². The number of aliphatic hydroxyl groups excluding tert-OH is 1. The molecule has 0 saturated heterocycles. The van der Waals surface area contributed by atoms with Gasteiger partial charge in [-0.05, 0) is 24.2 Å². The van der Waals surface area contributed by atoms with Crippen molar-refractivity contribution in [2.45, 2.75) is 20.3 Å². The van der Waals surface area contributed by atoms with Crippen molar-refractivity contribution < 1.29 is 5.11 Å². The lowest BCUT2D eigenvalue weighted by atomic mass is 9.78. The fourth-order valence-corrected chi connectivity index (χ4v) is 1.53. The van der Waals surface area contributed by atoms with Crippen molar-refractivity contribution in [3.05, 3.63) is 12.2 Å². The summed E-state index contributed by atoms with van der Waals surface area (Å²) >= 11 is 0. The molecule has 3 unspecified atom stereocenters. The standard InChI is InChI=1S/C9H16O/c1-7-4-3-5-9(6-10)8(7)2/h3-4,7-10H,5-6H2,1-2H3. The maximum atomic E-state index is 8.95. The lowest BCUT2D eigenvalue weighted by Crippen LogP contribution is -2.23. The second-order valence-corrected chi connectivity index (χ2v) is 3.32. The monoisotopic (exact) mass is 140 g/mol. The number of hydrogen-bond acceptors (Lipinski definition) is 1. The molecule has 10 heavy (non-hydrogen) atoms. The van der Waals surface area contributed by atoms with Gasteiger partial charge in [0.25, 0.3) is 0 Å². The van der Waals surface area contributed by atoms with Crippen LogP contribution in [0.1, 0.15) is 20.3 Å². The molecule has 0 heterocycles. The smallest absolute Gasteiger partial charge is 0.0464 e. The molecule has 1 heteroatoms. The van der Waals surface area contributed by atoms with Crippen LogP contribution in [0.3, 0.4) is 0 Å². The number of aliphatic hydroxyl groups is 1. The molecule has 0 spiro atoms. The predicted molar refractivity (Wildman–Crippen MR) is 42.7 cm³/mol. The van der Waals surface area contributed by atoms with E-state index in [0.717, 1.165) is 6.42 Å². The summed E-state index contributed by atoms with van der Waals surface area (Å²) in [6.07, 6.45) is 5.49. The number of hydrogen-bond donors (Lipinski definition) is 1. The van der Waals surface area contributed by atoms with Gasteiger partial charge in [0.15, 0.2) is 0 Å². The summed E-state index contributed by atoms with van der Waals surface area (Å²) in [5, 5.41) is 8.95. The molecule has 0 aliphatic heterocycles. The van der Waals surface area contributed by atoms with E-state index in [1.807, 2.05) is 0 Å². The summed E-state index contributed by atoms with van der Waals surface area (Å²) in [5.41, 5.74) is 0. The van der Waals surface area contributed by atoms with Crippen LogP contribution in [0, 0.1) is 17.8 Å². The van der Waals surface area contributed by atoms with Crippen LogP contribution in [0.15, 0.2) is 12.2 Å². The first-order chi connectivity index (χ1) is 4.75. The average molecular weight is 140 g/mol. The molecule has 1 aliphatic carbocycles. The molecule has 0 aromatic carbocycles. The highest BCUT2D eigenvalue weighted by Crippen LogP contribution is 2.28. The molecule has 58 valence electrons. The highest BCUT2D eigenvalue weighted by atomic mass is 16.3. The van der Waals surface area contributed by atoms with E-state index in [4.69, 9.17) is 5.11 Å². The minimum Gasteiger partial charge on any atom is -0.396 e. The van der Waals surface area contributed by atoms with Crippen LogP contribution >= 0.6 is 0 Å². The molecule has 1 rings (SSSR count). The molecule has 0 aromatic heterocycles. The maximum absolute atomic E-state index is 8.95. The zero-order chi connectivity index (χ0) is 7.56. The molecule has 0 saturated carbocycles. The zero-order valence-electron chi connectivity index (χ0n) is 6.75. The largest absolute Gasteiger partial charge is 0.396 e. The van der Waals surface area contributed by atoms with Crippen LogP contribution in [0.25, 0.3) is 0 Å². The van der Waals surface area contributed by atoms with E-state index >= 15 is 0 Å². The van der Waals surface area contributed by atoms with Gasteiger partial charge in [0.05, 0.1) is 0 Å². The Labute approximate surface area is 62.8 Å². The minimum atomic E-state index is 0.343. The van der Waals surface area contributed by atoms with E-state index in [9.17, 15) is 0 Å². The van der Waals surface area contributed by atoms with Gasteiger partial charge in [-0.25, -0.2) is 0 Å². The molecule has 1 aliphatic rings. The van der Waals surface area contributed by atoms with Crippen LogP contribution in [-0.4, -0.2) is 11.7 Å². The molecule has 1 N–H and O–H groups in total. The first kappa shape index (κ1) is 7.80. The second-order valence-electron chi connectivity index (χ2n) is 3.32. The van der Waals surface area contributed by atoms with E-state index in [-0.39, 0.29) is 0 Å². The van der Waals surface area contributed by atoms with Crippen molar-refractivity contribution >= 4 is 0 Å². The molecule has 0 aromatic rings. The molecule has 1 nitrogen and oxygen atoms in total. The summed E-state index contributed by atoms with van der Waals surface area (Å²) in [4.78, 5) is 0. The molecule has 0 radical (unpaired) electrons. The third kappa shape index (κ3) is 1.40. The predicted octanol–water partition coefficient (Wildman–Crippen LogP) is 1.83. The Kier molecular flexibility index (Phi) is 2.50. The van der Waals surface area contributed by atoms with Crippen molar-refractivity contribution in [2.75, 3.05) is 6.61 Å². The van der Waals surface area contributed by atoms with Crippen LogP contribution < -0.4 is 0 Å². The Balaban J connectivity index is 2.56. The highest BCUT2D eigenvalue weighted by Gasteiger charge is 2.22. The molecular formula is C9H16O. The van der Waals surface area contributed by atoms with Gasteiger partial charge in [-0.2, -0.15) is 0 Å². The Hall–Kier alpha value is -0.300. The maximum Gasteiger partial charge on any atom is 0.0464 e. The van der Waals surface area contributed by atoms with E-state index in [2.05, 4.69) is 26.0 Å². The van der Waals surface area contributed by atoms with Crippen molar-refractivity contribution in [1.82, 2.24) is 0 Å². The SMILES string of the molecule is CC1C=CCC(CO)C1C. The normalized spacial score (nSPS) is 40.1. The van der Waals surface area contributed by atoms with Gasteiger partial charge >= 0.3 is 0 Å². The fraction of sp³-hybridized carbons (Fsp3) is 0.778. The van der Waals surface area contributed by atoms with Crippen molar-refractivity contribution in [3.63, 3.8) is 0 Å². The highest BCUT2D eigenvalue weighted by molar-refractivity contribution is 4.97. The number of allylic oxidation sites excluding steroid dienone is 2. The molecule has 0 fully saturated rings. The Morgan fingerprint density at radius 2 is 2.20 bits per heavy atom. The Morgan fingerprint density at radius 1 is 1.50 bits per heavy atom. The van der Waals surface area contributed by atoms with Crippen molar-refractivity contribution in [1.29, 1.82) is 0 Å². The van der Waals surface area contributed by atoms with Crippen LogP contribution in [-0.2, 0) is 0 Å². The summed E-state index contributed by atoms with van der Waals surface area (Å²) in [6, 6.07) is 0. The number of rotatable bonds is 1. The molecule has 0 amide bonds. The summed E-state index contributed by atoms with van der Waals surface area (Å²) in [6.45, 7) is 4.77. The lowest BCUT2D eigenvalue weighted by Gasteiger charge is -2.28. The molecule has 0 bridgehead atoms. The lowest BCUT2D eigenvalue weighted by molar-refractivity contribution is 0.158. The van der Waals surface area contributed by atoms with E-state index in [1.165, 1.54) is 0 Å². The second kappa shape index (κ2) is 3.20. The van der Waals surface area contributed by atoms with Crippen molar-refractivity contribution in [3.8, 4) is 0 Å². The van der Waals surface area contributed by atoms with Gasteiger partial charge in [-0.15, -0.1) is 0 Å². The van der Waals surface area contributed by atoms with Gasteiger partial charge in [0.1, 0.15) is 0 Å². The Morgan fingerprint density at radius 3 is 2.70 bits per heavy atom. The minimum absolute atomic E-state index is 0.343. The fourth-order valence-electron chi connectivity index (χ4n) is 1.53.